The van der Waals surface area contributed by atoms with E-state index in [0.717, 1.165) is 10.6 Å². The van der Waals surface area contributed by atoms with Crippen LogP contribution in [0.2, 0.25) is 0 Å². The summed E-state index contributed by atoms with van der Waals surface area (Å²) in [5, 5.41) is 0.845. The van der Waals surface area contributed by atoms with Crippen LogP contribution in [-0.2, 0) is 16.1 Å². The average molecular weight is 417 g/mol. The molecule has 1 fully saturated rings. The zero-order valence-corrected chi connectivity index (χ0v) is 18.2. The van der Waals surface area contributed by atoms with Crippen molar-refractivity contribution < 1.29 is 14.3 Å². The Morgan fingerprint density at radius 2 is 2.14 bits per heavy atom. The van der Waals surface area contributed by atoms with Crippen molar-refractivity contribution in [2.45, 2.75) is 40.4 Å². The van der Waals surface area contributed by atoms with Gasteiger partial charge >= 0.3 is 0 Å². The van der Waals surface area contributed by atoms with Crippen molar-refractivity contribution in [2.24, 2.45) is 5.92 Å². The van der Waals surface area contributed by atoms with Crippen LogP contribution >= 0.6 is 11.3 Å². The van der Waals surface area contributed by atoms with E-state index in [1.807, 2.05) is 30.9 Å². The van der Waals surface area contributed by atoms with E-state index < -0.39 is 0 Å². The van der Waals surface area contributed by atoms with Crippen molar-refractivity contribution >= 4 is 23.2 Å². The highest BCUT2D eigenvalue weighted by Crippen LogP contribution is 2.21. The third-order valence-corrected chi connectivity index (χ3v) is 5.77. The van der Waals surface area contributed by atoms with Gasteiger partial charge in [-0.2, -0.15) is 0 Å². The number of carbonyl (C=O) groups excluding carboxylic acids is 2. The van der Waals surface area contributed by atoms with E-state index >= 15 is 0 Å². The van der Waals surface area contributed by atoms with Gasteiger partial charge in [-0.3, -0.25) is 14.6 Å². The standard InChI is InChI=1S/C21H28N4O3S/c1-14(2)9-24-10-18(28-13-17-6-5-7-22-8-17)11-25(12-19(24)26)21(27)20-15(3)23-16(4)29-20/h5-8,14,18H,9-13H2,1-4H3/t18-/m0/s1. The van der Waals surface area contributed by atoms with Crippen LogP contribution in [0.25, 0.3) is 0 Å². The molecule has 1 atom stereocenters. The molecule has 3 heterocycles. The van der Waals surface area contributed by atoms with Gasteiger partial charge in [0.2, 0.25) is 5.91 Å². The first kappa shape index (κ1) is 21.4. The van der Waals surface area contributed by atoms with Gasteiger partial charge in [-0.25, -0.2) is 4.98 Å². The zero-order chi connectivity index (χ0) is 21.0. The van der Waals surface area contributed by atoms with Gasteiger partial charge in [0.15, 0.2) is 0 Å². The molecule has 156 valence electrons. The first-order chi connectivity index (χ1) is 13.8. The highest BCUT2D eigenvalue weighted by Gasteiger charge is 2.32. The fourth-order valence-electron chi connectivity index (χ4n) is 3.43. The van der Waals surface area contributed by atoms with E-state index in [0.29, 0.717) is 42.7 Å². The van der Waals surface area contributed by atoms with E-state index in [2.05, 4.69) is 23.8 Å². The monoisotopic (exact) mass is 416 g/mol. The summed E-state index contributed by atoms with van der Waals surface area (Å²) in [6.07, 6.45) is 3.22. The second kappa shape index (κ2) is 9.45. The van der Waals surface area contributed by atoms with E-state index in [4.69, 9.17) is 4.74 Å². The van der Waals surface area contributed by atoms with Gasteiger partial charge in [0.25, 0.3) is 5.91 Å². The number of thiazole rings is 1. The van der Waals surface area contributed by atoms with E-state index in [-0.39, 0.29) is 24.5 Å². The molecule has 1 aliphatic heterocycles. The molecular weight excluding hydrogens is 388 g/mol. The van der Waals surface area contributed by atoms with Gasteiger partial charge in [-0.1, -0.05) is 19.9 Å². The number of carbonyl (C=O) groups is 2. The van der Waals surface area contributed by atoms with Gasteiger partial charge in [0.1, 0.15) is 11.4 Å². The summed E-state index contributed by atoms with van der Waals surface area (Å²) >= 11 is 1.37. The first-order valence-corrected chi connectivity index (χ1v) is 10.7. The van der Waals surface area contributed by atoms with Crippen molar-refractivity contribution in [3.8, 4) is 0 Å². The summed E-state index contributed by atoms with van der Waals surface area (Å²) in [6, 6.07) is 3.82. The Labute approximate surface area is 175 Å². The first-order valence-electron chi connectivity index (χ1n) is 9.85. The number of hydrogen-bond acceptors (Lipinski definition) is 6. The van der Waals surface area contributed by atoms with Crippen LogP contribution in [0.15, 0.2) is 24.5 Å². The number of ether oxygens (including phenoxy) is 1. The normalized spacial score (nSPS) is 17.7. The van der Waals surface area contributed by atoms with Crippen molar-refractivity contribution in [1.29, 1.82) is 0 Å². The van der Waals surface area contributed by atoms with Crippen molar-refractivity contribution in [2.75, 3.05) is 26.2 Å². The minimum absolute atomic E-state index is 0.0431. The molecule has 2 aromatic rings. The molecule has 2 amide bonds. The maximum absolute atomic E-state index is 13.1. The van der Waals surface area contributed by atoms with Gasteiger partial charge in [0, 0.05) is 32.0 Å². The largest absolute Gasteiger partial charge is 0.370 e. The Morgan fingerprint density at radius 1 is 1.34 bits per heavy atom. The number of hydrogen-bond donors (Lipinski definition) is 0. The number of aromatic nitrogens is 2. The Balaban J connectivity index is 1.78. The van der Waals surface area contributed by atoms with Crippen molar-refractivity contribution in [3.05, 3.63) is 45.7 Å². The summed E-state index contributed by atoms with van der Waals surface area (Å²) in [4.78, 5) is 38.5. The molecule has 1 aliphatic rings. The lowest BCUT2D eigenvalue weighted by atomic mass is 10.2. The number of rotatable bonds is 6. The summed E-state index contributed by atoms with van der Waals surface area (Å²) in [7, 11) is 0. The summed E-state index contributed by atoms with van der Waals surface area (Å²) in [5.74, 6) is 0.146. The minimum atomic E-state index is -0.265. The van der Waals surface area contributed by atoms with Crippen LogP contribution in [0.1, 0.15) is 39.8 Å². The molecule has 8 heteroatoms. The van der Waals surface area contributed by atoms with Crippen LogP contribution in [0.5, 0.6) is 0 Å². The summed E-state index contributed by atoms with van der Waals surface area (Å²) < 4.78 is 6.12. The van der Waals surface area contributed by atoms with Crippen molar-refractivity contribution in [1.82, 2.24) is 19.8 Å². The molecule has 7 nitrogen and oxygen atoms in total. The molecule has 3 rings (SSSR count). The lowest BCUT2D eigenvalue weighted by Gasteiger charge is -2.26. The predicted molar refractivity (Wildman–Crippen MR) is 112 cm³/mol. The second-order valence-corrected chi connectivity index (χ2v) is 9.02. The predicted octanol–water partition coefficient (Wildman–Crippen LogP) is 2.68. The zero-order valence-electron chi connectivity index (χ0n) is 17.4. The molecular formula is C21H28N4O3S. The maximum atomic E-state index is 13.1. The number of nitrogens with zero attached hydrogens (tertiary/aromatic N) is 4. The Bertz CT molecular complexity index is 853. The SMILES string of the molecule is Cc1nc(C)c(C(=O)N2CC(=O)N(CC(C)C)C[C@H](OCc3cccnc3)C2)s1. The molecule has 0 spiro atoms. The third-order valence-electron chi connectivity index (χ3n) is 4.71. The van der Waals surface area contributed by atoms with E-state index in [1.165, 1.54) is 11.3 Å². The highest BCUT2D eigenvalue weighted by atomic mass is 32.1. The maximum Gasteiger partial charge on any atom is 0.266 e. The summed E-state index contributed by atoms with van der Waals surface area (Å²) in [6.45, 7) is 9.82. The van der Waals surface area contributed by atoms with Gasteiger partial charge in [-0.05, 0) is 31.4 Å². The molecule has 0 N–H and O–H groups in total. The van der Waals surface area contributed by atoms with E-state index in [1.54, 1.807) is 17.3 Å². The topological polar surface area (TPSA) is 75.6 Å². The Hall–Kier alpha value is -2.32. The molecule has 0 radical (unpaired) electrons. The minimum Gasteiger partial charge on any atom is -0.370 e. The lowest BCUT2D eigenvalue weighted by Crippen LogP contribution is -2.40. The molecule has 0 saturated carbocycles. The quantitative estimate of drug-likeness (QED) is 0.724. The molecule has 29 heavy (non-hydrogen) atoms. The van der Waals surface area contributed by atoms with Gasteiger partial charge in [-0.15, -0.1) is 11.3 Å². The summed E-state index contributed by atoms with van der Waals surface area (Å²) in [5.41, 5.74) is 1.67. The van der Waals surface area contributed by atoms with Crippen LogP contribution in [0.3, 0.4) is 0 Å². The molecule has 0 aromatic carbocycles. The van der Waals surface area contributed by atoms with Crippen LogP contribution < -0.4 is 0 Å². The van der Waals surface area contributed by atoms with Crippen LogP contribution in [0.4, 0.5) is 0 Å². The fourth-order valence-corrected chi connectivity index (χ4v) is 4.31. The third kappa shape index (κ3) is 5.61. The highest BCUT2D eigenvalue weighted by molar-refractivity contribution is 7.13. The molecule has 1 saturated heterocycles. The van der Waals surface area contributed by atoms with E-state index in [9.17, 15) is 9.59 Å². The Morgan fingerprint density at radius 3 is 2.76 bits per heavy atom. The number of amides is 2. The molecule has 0 aliphatic carbocycles. The lowest BCUT2D eigenvalue weighted by molar-refractivity contribution is -0.132. The average Bonchev–Trinajstić information content (AvgIpc) is 2.93. The smallest absolute Gasteiger partial charge is 0.266 e. The van der Waals surface area contributed by atoms with Crippen LogP contribution in [0, 0.1) is 19.8 Å². The fraction of sp³-hybridized carbons (Fsp3) is 0.524. The Kier molecular flexibility index (Phi) is 6.97. The van der Waals surface area contributed by atoms with Gasteiger partial charge < -0.3 is 14.5 Å². The molecule has 2 aromatic heterocycles. The molecule has 0 bridgehead atoms. The molecule has 0 unspecified atom stereocenters. The van der Waals surface area contributed by atoms with Gasteiger partial charge in [0.05, 0.1) is 23.4 Å². The van der Waals surface area contributed by atoms with Crippen LogP contribution in [-0.4, -0.2) is 63.9 Å². The number of pyridine rings is 1. The number of aryl methyl sites for hydroxylation is 2. The van der Waals surface area contributed by atoms with Crippen molar-refractivity contribution in [3.63, 3.8) is 0 Å². The second-order valence-electron chi connectivity index (χ2n) is 7.82.